The van der Waals surface area contributed by atoms with Crippen LogP contribution in [-0.4, -0.2) is 31.7 Å². The van der Waals surface area contributed by atoms with E-state index in [2.05, 4.69) is 10.6 Å². The van der Waals surface area contributed by atoms with E-state index in [0.29, 0.717) is 18.8 Å². The summed E-state index contributed by atoms with van der Waals surface area (Å²) in [5.41, 5.74) is 1.47. The van der Waals surface area contributed by atoms with Crippen molar-refractivity contribution in [3.05, 3.63) is 35.1 Å². The average Bonchev–Trinajstić information content (AvgIpc) is 2.48. The summed E-state index contributed by atoms with van der Waals surface area (Å²) in [4.78, 5) is 11.9. The van der Waals surface area contributed by atoms with E-state index in [1.54, 1.807) is 13.0 Å². The molecule has 1 aliphatic rings. The minimum absolute atomic E-state index is 0.0265. The van der Waals surface area contributed by atoms with Crippen molar-refractivity contribution in [3.63, 3.8) is 0 Å². The van der Waals surface area contributed by atoms with E-state index in [0.717, 1.165) is 18.4 Å². The highest BCUT2D eigenvalue weighted by Crippen LogP contribution is 2.16. The second-order valence-electron chi connectivity index (χ2n) is 5.57. The smallest absolute Gasteiger partial charge is 0.234 e. The Morgan fingerprint density at radius 2 is 2.14 bits per heavy atom. The monoisotopic (exact) mass is 294 g/mol. The highest BCUT2D eigenvalue weighted by atomic mass is 19.1. The number of carbonyl (C=O) groups excluding carboxylic acids is 1. The van der Waals surface area contributed by atoms with Crippen LogP contribution in [0.3, 0.4) is 0 Å². The van der Waals surface area contributed by atoms with Crippen LogP contribution in [0.25, 0.3) is 0 Å². The molecule has 4 nitrogen and oxygen atoms in total. The Bertz CT molecular complexity index is 487. The highest BCUT2D eigenvalue weighted by Gasteiger charge is 2.16. The predicted molar refractivity (Wildman–Crippen MR) is 79.5 cm³/mol. The van der Waals surface area contributed by atoms with Crippen LogP contribution in [0, 0.1) is 12.7 Å². The van der Waals surface area contributed by atoms with Crippen molar-refractivity contribution in [2.75, 3.05) is 19.8 Å². The molecule has 21 heavy (non-hydrogen) atoms. The average molecular weight is 294 g/mol. The number of carbonyl (C=O) groups is 1. The molecular formula is C16H23FN2O2. The van der Waals surface area contributed by atoms with Crippen molar-refractivity contribution in [2.24, 2.45) is 0 Å². The largest absolute Gasteiger partial charge is 0.381 e. The van der Waals surface area contributed by atoms with Gasteiger partial charge in [-0.25, -0.2) is 4.39 Å². The molecule has 1 unspecified atom stereocenters. The van der Waals surface area contributed by atoms with Gasteiger partial charge in [0.05, 0.1) is 6.54 Å². The Labute approximate surface area is 125 Å². The molecule has 1 amide bonds. The maximum Gasteiger partial charge on any atom is 0.234 e. The van der Waals surface area contributed by atoms with Crippen molar-refractivity contribution in [1.82, 2.24) is 10.6 Å². The Kier molecular flexibility index (Phi) is 5.70. The second kappa shape index (κ2) is 7.52. The lowest BCUT2D eigenvalue weighted by Gasteiger charge is -2.23. The van der Waals surface area contributed by atoms with Gasteiger partial charge in [0, 0.05) is 25.3 Å². The van der Waals surface area contributed by atoms with Gasteiger partial charge < -0.3 is 15.4 Å². The van der Waals surface area contributed by atoms with Gasteiger partial charge in [0.15, 0.2) is 0 Å². The Morgan fingerprint density at radius 1 is 1.43 bits per heavy atom. The summed E-state index contributed by atoms with van der Waals surface area (Å²) >= 11 is 0. The van der Waals surface area contributed by atoms with Crippen LogP contribution in [-0.2, 0) is 9.53 Å². The molecule has 0 radical (unpaired) electrons. The molecule has 2 rings (SSSR count). The van der Waals surface area contributed by atoms with Crippen LogP contribution in [0.15, 0.2) is 18.2 Å². The number of hydrogen-bond acceptors (Lipinski definition) is 3. The van der Waals surface area contributed by atoms with Crippen LogP contribution in [0.5, 0.6) is 0 Å². The standard InChI is InChI=1S/C16H23FN2O2/c1-11-3-4-13(9-15(11)17)12(2)18-10-16(20)19-14-5-7-21-8-6-14/h3-4,9,12,14,18H,5-8,10H2,1-2H3,(H,19,20). The quantitative estimate of drug-likeness (QED) is 0.874. The fourth-order valence-corrected chi connectivity index (χ4v) is 2.36. The van der Waals surface area contributed by atoms with Crippen molar-refractivity contribution in [1.29, 1.82) is 0 Å². The number of ether oxygens (including phenoxy) is 1. The molecule has 0 saturated carbocycles. The number of benzene rings is 1. The Balaban J connectivity index is 1.78. The molecule has 1 saturated heterocycles. The molecule has 0 aromatic heterocycles. The summed E-state index contributed by atoms with van der Waals surface area (Å²) in [7, 11) is 0. The first-order valence-corrected chi connectivity index (χ1v) is 7.43. The molecule has 1 aromatic carbocycles. The predicted octanol–water partition coefficient (Wildman–Crippen LogP) is 2.08. The summed E-state index contributed by atoms with van der Waals surface area (Å²) in [6, 6.07) is 5.29. The zero-order chi connectivity index (χ0) is 15.2. The van der Waals surface area contributed by atoms with Crippen molar-refractivity contribution in [3.8, 4) is 0 Å². The molecule has 1 aromatic rings. The van der Waals surface area contributed by atoms with Crippen LogP contribution < -0.4 is 10.6 Å². The van der Waals surface area contributed by atoms with Gasteiger partial charge in [-0.2, -0.15) is 0 Å². The lowest BCUT2D eigenvalue weighted by molar-refractivity contribution is -0.121. The third kappa shape index (κ3) is 4.79. The van der Waals surface area contributed by atoms with Crippen LogP contribution in [0.4, 0.5) is 4.39 Å². The van der Waals surface area contributed by atoms with E-state index in [-0.39, 0.29) is 30.4 Å². The summed E-state index contributed by atoms with van der Waals surface area (Å²) < 4.78 is 18.8. The zero-order valence-corrected chi connectivity index (χ0v) is 12.6. The van der Waals surface area contributed by atoms with Gasteiger partial charge in [-0.1, -0.05) is 12.1 Å². The number of halogens is 1. The van der Waals surface area contributed by atoms with Gasteiger partial charge in [0.2, 0.25) is 5.91 Å². The molecule has 1 fully saturated rings. The van der Waals surface area contributed by atoms with E-state index in [9.17, 15) is 9.18 Å². The topological polar surface area (TPSA) is 50.4 Å². The number of rotatable bonds is 5. The minimum Gasteiger partial charge on any atom is -0.381 e. The third-order valence-electron chi connectivity index (χ3n) is 3.85. The number of amides is 1. The van der Waals surface area contributed by atoms with Gasteiger partial charge >= 0.3 is 0 Å². The van der Waals surface area contributed by atoms with Gasteiger partial charge in [0.25, 0.3) is 0 Å². The minimum atomic E-state index is -0.215. The molecule has 0 spiro atoms. The molecule has 1 aliphatic heterocycles. The van der Waals surface area contributed by atoms with E-state index in [4.69, 9.17) is 4.74 Å². The maximum absolute atomic E-state index is 13.5. The van der Waals surface area contributed by atoms with Crippen LogP contribution in [0.1, 0.15) is 36.9 Å². The number of aryl methyl sites for hydroxylation is 1. The molecule has 116 valence electrons. The Morgan fingerprint density at radius 3 is 2.81 bits per heavy atom. The van der Waals surface area contributed by atoms with E-state index in [1.165, 1.54) is 6.07 Å². The Hall–Kier alpha value is -1.46. The number of hydrogen-bond donors (Lipinski definition) is 2. The van der Waals surface area contributed by atoms with E-state index in [1.807, 2.05) is 13.0 Å². The first-order chi connectivity index (χ1) is 10.1. The molecule has 0 bridgehead atoms. The summed E-state index contributed by atoms with van der Waals surface area (Å²) in [5, 5.41) is 6.12. The molecule has 2 N–H and O–H groups in total. The van der Waals surface area contributed by atoms with Gasteiger partial charge in [-0.15, -0.1) is 0 Å². The third-order valence-corrected chi connectivity index (χ3v) is 3.85. The van der Waals surface area contributed by atoms with Gasteiger partial charge in [0.1, 0.15) is 5.82 Å². The van der Waals surface area contributed by atoms with E-state index >= 15 is 0 Å². The highest BCUT2D eigenvalue weighted by molar-refractivity contribution is 5.78. The summed E-state index contributed by atoms with van der Waals surface area (Å²) in [6.07, 6.45) is 1.73. The first kappa shape index (κ1) is 15.9. The van der Waals surface area contributed by atoms with E-state index < -0.39 is 0 Å². The summed E-state index contributed by atoms with van der Waals surface area (Å²) in [6.45, 7) is 5.30. The number of nitrogens with one attached hydrogen (secondary N) is 2. The molecular weight excluding hydrogens is 271 g/mol. The lowest BCUT2D eigenvalue weighted by atomic mass is 10.1. The van der Waals surface area contributed by atoms with Gasteiger partial charge in [-0.05, 0) is 43.9 Å². The van der Waals surface area contributed by atoms with Crippen LogP contribution in [0.2, 0.25) is 0 Å². The fraction of sp³-hybridized carbons (Fsp3) is 0.562. The molecule has 1 atom stereocenters. The summed E-state index contributed by atoms with van der Waals surface area (Å²) in [5.74, 6) is -0.242. The second-order valence-corrected chi connectivity index (χ2v) is 5.57. The van der Waals surface area contributed by atoms with Crippen molar-refractivity contribution < 1.29 is 13.9 Å². The van der Waals surface area contributed by atoms with Gasteiger partial charge in [-0.3, -0.25) is 4.79 Å². The maximum atomic E-state index is 13.5. The molecule has 0 aliphatic carbocycles. The normalized spacial score (nSPS) is 17.5. The van der Waals surface area contributed by atoms with Crippen molar-refractivity contribution in [2.45, 2.75) is 38.8 Å². The fourth-order valence-electron chi connectivity index (χ4n) is 2.36. The lowest BCUT2D eigenvalue weighted by Crippen LogP contribution is -2.43. The SMILES string of the molecule is Cc1ccc(C(C)NCC(=O)NC2CCOCC2)cc1F. The van der Waals surface area contributed by atoms with Crippen molar-refractivity contribution >= 4 is 5.91 Å². The van der Waals surface area contributed by atoms with Crippen LogP contribution >= 0.6 is 0 Å². The molecule has 5 heteroatoms. The first-order valence-electron chi connectivity index (χ1n) is 7.43. The zero-order valence-electron chi connectivity index (χ0n) is 12.6. The molecule has 1 heterocycles.